The molecule has 13 aromatic carbocycles. The minimum absolute atomic E-state index is 0.0458. The van der Waals surface area contributed by atoms with Gasteiger partial charge in [0, 0.05) is 44.1 Å². The summed E-state index contributed by atoms with van der Waals surface area (Å²) < 4.78 is 0. The molecular weight excluding hydrogens is 1800 g/mol. The number of allylic oxidation sites excluding steroid dienone is 2. The van der Waals surface area contributed by atoms with Crippen LogP contribution < -0.4 is 4.90 Å². The van der Waals surface area contributed by atoms with E-state index in [-0.39, 0.29) is 49.2 Å². The largest absolute Gasteiger partial charge is 0.311 e. The molecule has 0 heterocycles. The highest BCUT2D eigenvalue weighted by atomic mass is 15.1. The molecule has 1 nitrogen and oxygen atoms in total. The van der Waals surface area contributed by atoms with Crippen molar-refractivity contribution in [2.24, 2.45) is 0 Å². The van der Waals surface area contributed by atoms with Crippen molar-refractivity contribution < 1.29 is 0 Å². The number of fused-ring (bicyclic) bond motifs is 10. The predicted molar refractivity (Wildman–Crippen MR) is 652 cm³/mol. The van der Waals surface area contributed by atoms with Gasteiger partial charge in [-0.2, -0.15) is 0 Å². The van der Waals surface area contributed by atoms with E-state index in [1.165, 1.54) is 258 Å². The summed E-state index contributed by atoms with van der Waals surface area (Å²) in [5, 5.41) is 0. The molecular formula is C149H185N. The van der Waals surface area contributed by atoms with E-state index in [1.54, 1.807) is 16.7 Å². The van der Waals surface area contributed by atoms with E-state index in [9.17, 15) is 0 Å². The Morgan fingerprint density at radius 2 is 0.660 bits per heavy atom. The number of nitrogens with zero attached hydrogens (tertiary/aromatic N) is 1. The van der Waals surface area contributed by atoms with Crippen molar-refractivity contribution >= 4 is 17.1 Å². The Kier molecular flexibility index (Phi) is 34.0. The molecule has 6 atom stereocenters. The standard InChI is InChI=1S/C149H185N/c1-25-35-40-44-51-107-56-69-116(70-57-107)148(97-50-43-47-54-110-55-62-113-63-64-114(113)98-110)136-101-121(143(20,21)144(22,32-8)122-80-92-129-128-89-77-119(141(16,17)31-7)99-134(128)147(135(129)102-122,95-48-38-28-4)96-49-39-29-5)79-91-130(136)131-93-81-123(103-137(131)148)145(23,33-9)146(24,34-10)124-82-94-133-132-90-78-120(100-138(132)149(139(133)104-124,117-71-58-108(59-72-117)52-45-41-36-26-2)118-73-60-109(61-74-118)53-46-42-37-27-3)142(18,19)106(12)112-67-85-126(86-68-112)150(125-83-65-111(66-84-125)105(11)30-6)127-87-75-115(76-88-127)140(13,14)15/h28-29,55-62,65-94,98-106H,4-5,25-27,30-54,63-64,95-97H2,1-3,6-24H3. The van der Waals surface area contributed by atoms with Crippen molar-refractivity contribution in [3.8, 4) is 33.4 Å². The van der Waals surface area contributed by atoms with Crippen molar-refractivity contribution in [2.75, 3.05) is 4.90 Å². The minimum Gasteiger partial charge on any atom is -0.311 e. The van der Waals surface area contributed by atoms with Gasteiger partial charge in [0.15, 0.2) is 0 Å². The Morgan fingerprint density at radius 3 is 1.09 bits per heavy atom. The topological polar surface area (TPSA) is 3.24 Å². The number of rotatable bonds is 51. The number of unbranched alkanes of at least 4 members (excludes halogenated alkanes) is 13. The Morgan fingerprint density at radius 1 is 0.300 bits per heavy atom. The van der Waals surface area contributed by atoms with Crippen molar-refractivity contribution in [1.82, 2.24) is 0 Å². The summed E-state index contributed by atoms with van der Waals surface area (Å²) in [5.41, 5.74) is 43.6. The second-order valence-corrected chi connectivity index (χ2v) is 50.3. The first-order valence-electron chi connectivity index (χ1n) is 59.8. The molecule has 150 heavy (non-hydrogen) atoms. The van der Waals surface area contributed by atoms with E-state index in [0.29, 0.717) is 5.92 Å². The molecule has 0 aliphatic heterocycles. The fourth-order valence-corrected chi connectivity index (χ4v) is 27.8. The summed E-state index contributed by atoms with van der Waals surface area (Å²) in [6.45, 7) is 62.8. The number of hydrogen-bond acceptors (Lipinski definition) is 1. The molecule has 0 aromatic heterocycles. The highest BCUT2D eigenvalue weighted by Crippen LogP contribution is 2.65. The van der Waals surface area contributed by atoms with E-state index in [4.69, 9.17) is 0 Å². The molecule has 0 bridgehead atoms. The van der Waals surface area contributed by atoms with Crippen LogP contribution in [-0.4, -0.2) is 0 Å². The number of benzene rings is 13. The molecule has 6 unspecified atom stereocenters. The molecule has 0 saturated heterocycles. The van der Waals surface area contributed by atoms with E-state index >= 15 is 0 Å². The molecule has 1 heteroatoms. The van der Waals surface area contributed by atoms with Gasteiger partial charge in [0.25, 0.3) is 0 Å². The fraction of sp³-hybridized carbons (Fsp3) is 0.450. The van der Waals surface area contributed by atoms with E-state index in [0.717, 1.165) is 121 Å². The van der Waals surface area contributed by atoms with Crippen LogP contribution in [0.2, 0.25) is 0 Å². The van der Waals surface area contributed by atoms with Crippen molar-refractivity contribution in [2.45, 2.75) is 430 Å². The molecule has 786 valence electrons. The Balaban J connectivity index is 0.806. The fourth-order valence-electron chi connectivity index (χ4n) is 27.8. The van der Waals surface area contributed by atoms with Gasteiger partial charge in [-0.25, -0.2) is 0 Å². The molecule has 17 rings (SSSR count). The summed E-state index contributed by atoms with van der Waals surface area (Å²) in [4.78, 5) is 2.46. The van der Waals surface area contributed by atoms with Gasteiger partial charge in [0.2, 0.25) is 0 Å². The SMILES string of the molecule is C=CCCCC1(CCCC=C)c2cc(C(C)(C)CC)ccc2-c2ccc(C(C)(CC)C(C)(C)c3ccc4c(c3)C(CCCCCc3ccc5c(c3)CC5)(c3ccc(CCCCCC)cc3)c3cc(C(C)(CC)C(C)(CC)c5ccc6c(c5)C(c5ccc(CCCCCC)cc5)(c5ccc(CCCCCC)cc5)c5cc(C(C)(C)C(C)c7ccc(N(c8ccc(C(C)CC)cc8)c8ccc(C(C)(C)C)cc8)cc7)ccc5-6)ccc3-4)cc21. The van der Waals surface area contributed by atoms with E-state index in [2.05, 4.69) is 456 Å². The van der Waals surface area contributed by atoms with Crippen molar-refractivity contribution in [3.63, 3.8) is 0 Å². The summed E-state index contributed by atoms with van der Waals surface area (Å²) in [5.74, 6) is 0.653. The first-order valence-corrected chi connectivity index (χ1v) is 59.8. The van der Waals surface area contributed by atoms with Crippen LogP contribution in [0.4, 0.5) is 17.1 Å². The van der Waals surface area contributed by atoms with Gasteiger partial charge in [-0.3, -0.25) is 0 Å². The number of aryl methyl sites for hydroxylation is 6. The van der Waals surface area contributed by atoms with Gasteiger partial charge in [-0.15, -0.1) is 13.2 Å². The van der Waals surface area contributed by atoms with Crippen LogP contribution in [-0.2, 0) is 92.7 Å². The average Bonchev–Trinajstić information content (AvgIpc) is 1.51. The lowest BCUT2D eigenvalue weighted by atomic mass is 9.55. The van der Waals surface area contributed by atoms with Gasteiger partial charge in [0.05, 0.1) is 5.41 Å². The first kappa shape index (κ1) is 110. The maximum Gasteiger partial charge on any atom is 0.0713 e. The lowest BCUT2D eigenvalue weighted by Gasteiger charge is -2.48. The third kappa shape index (κ3) is 20.7. The number of hydrogen-bond donors (Lipinski definition) is 0. The normalized spacial score (nSPS) is 16.3. The van der Waals surface area contributed by atoms with Crippen LogP contribution in [0.25, 0.3) is 33.4 Å². The quantitative estimate of drug-likeness (QED) is 0.0271. The Bertz CT molecular complexity index is 6740. The second-order valence-electron chi connectivity index (χ2n) is 50.3. The van der Waals surface area contributed by atoms with Crippen LogP contribution in [0.15, 0.2) is 298 Å². The highest BCUT2D eigenvalue weighted by molar-refractivity contribution is 5.89. The van der Waals surface area contributed by atoms with E-state index < -0.39 is 10.8 Å². The second kappa shape index (κ2) is 46.2. The average molecular weight is 1990 g/mol. The van der Waals surface area contributed by atoms with Crippen LogP contribution >= 0.6 is 0 Å². The molecule has 4 aliphatic rings. The molecule has 13 aromatic rings. The lowest BCUT2D eigenvalue weighted by Crippen LogP contribution is -2.45. The van der Waals surface area contributed by atoms with Crippen LogP contribution in [0, 0.1) is 0 Å². The monoisotopic (exact) mass is 1990 g/mol. The summed E-state index contributed by atoms with van der Waals surface area (Å²) in [6.07, 6.45) is 42.0. The van der Waals surface area contributed by atoms with E-state index in [1.807, 2.05) is 0 Å². The maximum atomic E-state index is 4.31. The lowest BCUT2D eigenvalue weighted by molar-refractivity contribution is 0.234. The third-order valence-electron chi connectivity index (χ3n) is 40.2. The zero-order valence-electron chi connectivity index (χ0n) is 97.0. The van der Waals surface area contributed by atoms with Crippen molar-refractivity contribution in [1.29, 1.82) is 0 Å². The maximum absolute atomic E-state index is 4.31. The minimum atomic E-state index is -0.669. The van der Waals surface area contributed by atoms with Crippen LogP contribution in [0.5, 0.6) is 0 Å². The van der Waals surface area contributed by atoms with Gasteiger partial charge in [-0.05, 0) is 378 Å². The molecule has 0 spiro atoms. The van der Waals surface area contributed by atoms with Crippen LogP contribution in [0.3, 0.4) is 0 Å². The zero-order valence-corrected chi connectivity index (χ0v) is 97.0. The summed E-state index contributed by atoms with van der Waals surface area (Å²) in [6, 6.07) is 114. The summed E-state index contributed by atoms with van der Waals surface area (Å²) >= 11 is 0. The van der Waals surface area contributed by atoms with Crippen LogP contribution in [0.1, 0.15) is 471 Å². The highest BCUT2D eigenvalue weighted by Gasteiger charge is 2.54. The molecule has 0 amide bonds. The number of anilines is 3. The molecule has 0 saturated carbocycles. The molecule has 0 radical (unpaired) electrons. The third-order valence-corrected chi connectivity index (χ3v) is 40.2. The van der Waals surface area contributed by atoms with Crippen molar-refractivity contribution in [3.05, 3.63) is 432 Å². The smallest absolute Gasteiger partial charge is 0.0713 e. The zero-order chi connectivity index (χ0) is 106. The molecule has 0 N–H and O–H groups in total. The summed E-state index contributed by atoms with van der Waals surface area (Å²) in [7, 11) is 0. The first-order chi connectivity index (χ1) is 72.2. The molecule has 0 fully saturated rings. The predicted octanol–water partition coefficient (Wildman–Crippen LogP) is 42.3. The van der Waals surface area contributed by atoms with Gasteiger partial charge in [0.1, 0.15) is 0 Å². The Labute approximate surface area is 910 Å². The van der Waals surface area contributed by atoms with Gasteiger partial charge >= 0.3 is 0 Å². The van der Waals surface area contributed by atoms with Gasteiger partial charge in [-0.1, -0.05) is 472 Å². The molecule has 4 aliphatic carbocycles. The Hall–Kier alpha value is -10.9. The van der Waals surface area contributed by atoms with Gasteiger partial charge < -0.3 is 4.90 Å².